The molecule has 19 heavy (non-hydrogen) atoms. The van der Waals surface area contributed by atoms with E-state index in [9.17, 15) is 4.79 Å². The summed E-state index contributed by atoms with van der Waals surface area (Å²) >= 11 is 0. The van der Waals surface area contributed by atoms with Crippen LogP contribution in [0.5, 0.6) is 0 Å². The molecule has 1 saturated carbocycles. The van der Waals surface area contributed by atoms with Crippen molar-refractivity contribution in [2.24, 2.45) is 5.73 Å². The standard InChI is InChI=1S/C15H30N2O2/c1-3-11-17-15(2,14(16)18)10-6-7-12-19-13-8-4-5-9-13/h13,17H,3-12H2,1-2H3,(H2,16,18). The molecule has 0 aromatic heterocycles. The van der Waals surface area contributed by atoms with Gasteiger partial charge in [-0.25, -0.2) is 0 Å². The number of hydrogen-bond donors (Lipinski definition) is 2. The minimum atomic E-state index is -0.566. The molecule has 0 aliphatic heterocycles. The van der Waals surface area contributed by atoms with Gasteiger partial charge in [0.25, 0.3) is 0 Å². The molecular formula is C15H30N2O2. The topological polar surface area (TPSA) is 64.3 Å². The van der Waals surface area contributed by atoms with Gasteiger partial charge in [0, 0.05) is 6.61 Å². The van der Waals surface area contributed by atoms with Crippen LogP contribution < -0.4 is 11.1 Å². The second-order valence-electron chi connectivity index (χ2n) is 5.86. The van der Waals surface area contributed by atoms with Crippen molar-refractivity contribution in [3.05, 3.63) is 0 Å². The van der Waals surface area contributed by atoms with Crippen molar-refractivity contribution in [2.45, 2.75) is 76.9 Å². The molecule has 112 valence electrons. The predicted octanol–water partition coefficient (Wildman–Crippen LogP) is 2.36. The fourth-order valence-corrected chi connectivity index (χ4v) is 2.59. The van der Waals surface area contributed by atoms with Crippen LogP contribution in [0.15, 0.2) is 0 Å². The number of nitrogens with one attached hydrogen (secondary N) is 1. The Labute approximate surface area is 117 Å². The lowest BCUT2D eigenvalue weighted by molar-refractivity contribution is -0.124. The Balaban J connectivity index is 2.15. The van der Waals surface area contributed by atoms with Crippen molar-refractivity contribution in [2.75, 3.05) is 13.2 Å². The van der Waals surface area contributed by atoms with Crippen LogP contribution in [-0.2, 0) is 9.53 Å². The molecule has 4 heteroatoms. The highest BCUT2D eigenvalue weighted by Gasteiger charge is 2.29. The smallest absolute Gasteiger partial charge is 0.237 e. The Kier molecular flexibility index (Phi) is 7.39. The van der Waals surface area contributed by atoms with Gasteiger partial charge in [0.15, 0.2) is 0 Å². The van der Waals surface area contributed by atoms with E-state index in [2.05, 4.69) is 12.2 Å². The summed E-state index contributed by atoms with van der Waals surface area (Å²) < 4.78 is 5.82. The van der Waals surface area contributed by atoms with Crippen LogP contribution in [0.25, 0.3) is 0 Å². The van der Waals surface area contributed by atoms with Gasteiger partial charge in [-0.2, -0.15) is 0 Å². The van der Waals surface area contributed by atoms with Gasteiger partial charge >= 0.3 is 0 Å². The third kappa shape index (κ3) is 5.91. The van der Waals surface area contributed by atoms with E-state index < -0.39 is 5.54 Å². The van der Waals surface area contributed by atoms with Crippen LogP contribution >= 0.6 is 0 Å². The molecule has 0 aromatic carbocycles. The summed E-state index contributed by atoms with van der Waals surface area (Å²) in [4.78, 5) is 11.5. The summed E-state index contributed by atoms with van der Waals surface area (Å²) in [6.07, 6.45) is 9.32. The number of primary amides is 1. The van der Waals surface area contributed by atoms with E-state index in [0.717, 1.165) is 38.8 Å². The maximum Gasteiger partial charge on any atom is 0.237 e. The molecule has 0 heterocycles. The number of nitrogens with two attached hydrogens (primary N) is 1. The minimum absolute atomic E-state index is 0.252. The van der Waals surface area contributed by atoms with Gasteiger partial charge in [-0.05, 0) is 52.0 Å². The van der Waals surface area contributed by atoms with Crippen molar-refractivity contribution in [3.8, 4) is 0 Å². The molecule has 3 N–H and O–H groups in total. The van der Waals surface area contributed by atoms with Crippen LogP contribution in [0.2, 0.25) is 0 Å². The lowest BCUT2D eigenvalue weighted by Crippen LogP contribution is -2.53. The Morgan fingerprint density at radius 2 is 2.05 bits per heavy atom. The number of ether oxygens (including phenoxy) is 1. The number of carbonyl (C=O) groups excluding carboxylic acids is 1. The Bertz CT molecular complexity index is 265. The first-order valence-electron chi connectivity index (χ1n) is 7.75. The summed E-state index contributed by atoms with van der Waals surface area (Å²) in [6.45, 7) is 5.64. The maximum atomic E-state index is 11.5. The first-order valence-corrected chi connectivity index (χ1v) is 7.75. The zero-order valence-electron chi connectivity index (χ0n) is 12.5. The molecule has 1 amide bonds. The van der Waals surface area contributed by atoms with E-state index >= 15 is 0 Å². The first-order chi connectivity index (χ1) is 9.08. The van der Waals surface area contributed by atoms with E-state index in [1.807, 2.05) is 6.92 Å². The molecule has 0 bridgehead atoms. The third-order valence-electron chi connectivity index (χ3n) is 4.04. The number of rotatable bonds is 10. The highest BCUT2D eigenvalue weighted by molar-refractivity contribution is 5.84. The van der Waals surface area contributed by atoms with Gasteiger partial charge in [0.2, 0.25) is 5.91 Å². The van der Waals surface area contributed by atoms with Crippen LogP contribution in [-0.4, -0.2) is 30.7 Å². The number of unbranched alkanes of at least 4 members (excludes halogenated alkanes) is 1. The van der Waals surface area contributed by atoms with Crippen molar-refractivity contribution < 1.29 is 9.53 Å². The van der Waals surface area contributed by atoms with Gasteiger partial charge in [0.1, 0.15) is 0 Å². The molecule has 1 aliphatic rings. The predicted molar refractivity (Wildman–Crippen MR) is 78.0 cm³/mol. The van der Waals surface area contributed by atoms with Crippen molar-refractivity contribution in [1.29, 1.82) is 0 Å². The molecule has 1 aliphatic carbocycles. The number of amides is 1. The zero-order valence-corrected chi connectivity index (χ0v) is 12.5. The Morgan fingerprint density at radius 1 is 1.37 bits per heavy atom. The van der Waals surface area contributed by atoms with Gasteiger partial charge in [0.05, 0.1) is 11.6 Å². The van der Waals surface area contributed by atoms with Gasteiger partial charge in [-0.1, -0.05) is 19.8 Å². The number of carbonyl (C=O) groups is 1. The molecule has 0 saturated heterocycles. The average molecular weight is 270 g/mol. The van der Waals surface area contributed by atoms with Gasteiger partial charge in [-0.15, -0.1) is 0 Å². The Morgan fingerprint density at radius 3 is 2.63 bits per heavy atom. The van der Waals surface area contributed by atoms with E-state index in [0.29, 0.717) is 6.10 Å². The molecule has 1 fully saturated rings. The third-order valence-corrected chi connectivity index (χ3v) is 4.04. The van der Waals surface area contributed by atoms with Gasteiger partial charge in [-0.3, -0.25) is 4.79 Å². The summed E-state index contributed by atoms with van der Waals surface area (Å²) in [5.74, 6) is -0.252. The zero-order chi connectivity index (χ0) is 14.1. The monoisotopic (exact) mass is 270 g/mol. The largest absolute Gasteiger partial charge is 0.378 e. The van der Waals surface area contributed by atoms with E-state index in [-0.39, 0.29) is 5.91 Å². The molecule has 1 rings (SSSR count). The van der Waals surface area contributed by atoms with Crippen LogP contribution in [0.3, 0.4) is 0 Å². The molecule has 1 unspecified atom stereocenters. The quantitative estimate of drug-likeness (QED) is 0.599. The summed E-state index contributed by atoms with van der Waals surface area (Å²) in [5.41, 5.74) is 4.93. The molecular weight excluding hydrogens is 240 g/mol. The highest BCUT2D eigenvalue weighted by Crippen LogP contribution is 2.21. The lowest BCUT2D eigenvalue weighted by Gasteiger charge is -2.27. The SMILES string of the molecule is CCCNC(C)(CCCCOC1CCCC1)C(N)=O. The second-order valence-corrected chi connectivity index (χ2v) is 5.86. The average Bonchev–Trinajstić information content (AvgIpc) is 2.89. The minimum Gasteiger partial charge on any atom is -0.378 e. The van der Waals surface area contributed by atoms with E-state index in [1.54, 1.807) is 0 Å². The van der Waals surface area contributed by atoms with Gasteiger partial charge < -0.3 is 15.8 Å². The molecule has 4 nitrogen and oxygen atoms in total. The molecule has 1 atom stereocenters. The fraction of sp³-hybridized carbons (Fsp3) is 0.933. The van der Waals surface area contributed by atoms with E-state index in [4.69, 9.17) is 10.5 Å². The number of hydrogen-bond acceptors (Lipinski definition) is 3. The normalized spacial score (nSPS) is 19.5. The summed E-state index contributed by atoms with van der Waals surface area (Å²) in [6, 6.07) is 0. The van der Waals surface area contributed by atoms with Crippen LogP contribution in [0.1, 0.15) is 65.2 Å². The fourth-order valence-electron chi connectivity index (χ4n) is 2.59. The van der Waals surface area contributed by atoms with Crippen molar-refractivity contribution in [1.82, 2.24) is 5.32 Å². The van der Waals surface area contributed by atoms with Crippen molar-refractivity contribution in [3.63, 3.8) is 0 Å². The van der Waals surface area contributed by atoms with Crippen LogP contribution in [0, 0.1) is 0 Å². The molecule has 0 radical (unpaired) electrons. The summed E-state index contributed by atoms with van der Waals surface area (Å²) in [5, 5.41) is 3.26. The Hall–Kier alpha value is -0.610. The van der Waals surface area contributed by atoms with Crippen LogP contribution in [0.4, 0.5) is 0 Å². The molecule has 0 spiro atoms. The van der Waals surface area contributed by atoms with E-state index in [1.165, 1.54) is 25.7 Å². The lowest BCUT2D eigenvalue weighted by atomic mass is 9.94. The second kappa shape index (κ2) is 8.54. The first kappa shape index (κ1) is 16.4. The summed E-state index contributed by atoms with van der Waals surface area (Å²) in [7, 11) is 0. The highest BCUT2D eigenvalue weighted by atomic mass is 16.5. The molecule has 0 aromatic rings. The van der Waals surface area contributed by atoms with Crippen molar-refractivity contribution >= 4 is 5.91 Å². The maximum absolute atomic E-state index is 11.5.